The average Bonchev–Trinajstić information content (AvgIpc) is 3.59. The molecule has 0 fully saturated rings. The van der Waals surface area contributed by atoms with Gasteiger partial charge in [-0.3, -0.25) is 0 Å². The van der Waals surface area contributed by atoms with E-state index in [2.05, 4.69) is 212 Å². The van der Waals surface area contributed by atoms with Gasteiger partial charge in [0.2, 0.25) is 0 Å². The summed E-state index contributed by atoms with van der Waals surface area (Å²) in [5, 5.41) is 2.50. The lowest BCUT2D eigenvalue weighted by Gasteiger charge is -2.43. The quantitative estimate of drug-likeness (QED) is 0.185. The summed E-state index contributed by atoms with van der Waals surface area (Å²) < 4.78 is 0. The maximum Gasteiger partial charge on any atom is 0.0643 e. The van der Waals surface area contributed by atoms with Gasteiger partial charge in [0.25, 0.3) is 0 Å². The van der Waals surface area contributed by atoms with Gasteiger partial charge in [-0.15, -0.1) is 0 Å². The number of nitrogens with one attached hydrogen (secondary N) is 1. The fourth-order valence-electron chi connectivity index (χ4n) is 9.08. The Morgan fingerprint density at radius 1 is 0.536 bits per heavy atom. The highest BCUT2D eigenvalue weighted by Gasteiger charge is 2.33. The molecule has 10 rings (SSSR count). The van der Waals surface area contributed by atoms with Crippen molar-refractivity contribution in [2.45, 2.75) is 46.1 Å². The predicted molar refractivity (Wildman–Crippen MR) is 238 cm³/mol. The molecule has 0 saturated heterocycles. The standard InChI is InChI=1S/C53H45N3/c1-35-13-5-9-17-48(35)55-51-20-12-8-16-42(51)32-43-31-39(23-26-52(43)55)41-22-25-47-45(34-41)44-33-40(21-24-46(44)54-47)38-27-29-53(4,30-28-38)56(49-18-10-6-14-36(49)2)50-19-11-7-15-37(50)3/h5-29,31,33-34,54H,30,32H2,1-4H3. The van der Waals surface area contributed by atoms with Crippen molar-refractivity contribution in [2.24, 2.45) is 0 Å². The normalized spacial score (nSPS) is 16.1. The van der Waals surface area contributed by atoms with Crippen LogP contribution in [0.4, 0.5) is 28.4 Å². The van der Waals surface area contributed by atoms with Gasteiger partial charge in [0, 0.05) is 56.7 Å². The van der Waals surface area contributed by atoms with Gasteiger partial charge in [0.05, 0.1) is 5.54 Å². The number of rotatable bonds is 6. The SMILES string of the molecule is Cc1ccccc1N1c2ccccc2Cc2cc(-c3ccc4[nH]c5ccc(C6=CCC(C)(N(c7ccccc7C)c7ccccc7C)C=C6)cc5c4c3)ccc21. The summed E-state index contributed by atoms with van der Waals surface area (Å²) in [6.07, 6.45) is 8.97. The summed E-state index contributed by atoms with van der Waals surface area (Å²) in [6, 6.07) is 55.8. The number of hydrogen-bond donors (Lipinski definition) is 1. The smallest absolute Gasteiger partial charge is 0.0643 e. The Morgan fingerprint density at radius 2 is 1.09 bits per heavy atom. The van der Waals surface area contributed by atoms with E-state index in [0.29, 0.717) is 0 Å². The molecule has 8 aromatic rings. The first-order valence-electron chi connectivity index (χ1n) is 19.8. The molecule has 3 nitrogen and oxygen atoms in total. The number of fused-ring (bicyclic) bond motifs is 5. The number of nitrogens with zero attached hydrogens (tertiary/aromatic N) is 2. The van der Waals surface area contributed by atoms with E-state index < -0.39 is 0 Å². The van der Waals surface area contributed by atoms with Crippen LogP contribution in [0.25, 0.3) is 38.5 Å². The van der Waals surface area contributed by atoms with Gasteiger partial charge in [-0.1, -0.05) is 109 Å². The topological polar surface area (TPSA) is 22.3 Å². The molecule has 1 atom stereocenters. The Labute approximate surface area is 329 Å². The zero-order chi connectivity index (χ0) is 38.0. The number of aromatic nitrogens is 1. The van der Waals surface area contributed by atoms with E-state index >= 15 is 0 Å². The molecule has 7 aromatic carbocycles. The van der Waals surface area contributed by atoms with Crippen molar-refractivity contribution in [3.63, 3.8) is 0 Å². The third-order valence-electron chi connectivity index (χ3n) is 12.1. The van der Waals surface area contributed by atoms with Crippen LogP contribution in [0.1, 0.15) is 46.7 Å². The molecule has 1 N–H and O–H groups in total. The maximum atomic E-state index is 3.70. The van der Waals surface area contributed by atoms with E-state index in [-0.39, 0.29) is 5.54 Å². The van der Waals surface area contributed by atoms with Crippen LogP contribution in [0.3, 0.4) is 0 Å². The third kappa shape index (κ3) is 5.66. The Bertz CT molecular complexity index is 2830. The zero-order valence-electron chi connectivity index (χ0n) is 32.5. The average molecular weight is 724 g/mol. The second kappa shape index (κ2) is 13.3. The second-order valence-electron chi connectivity index (χ2n) is 15.9. The van der Waals surface area contributed by atoms with E-state index in [9.17, 15) is 0 Å². The number of aryl methyl sites for hydroxylation is 3. The summed E-state index contributed by atoms with van der Waals surface area (Å²) in [7, 11) is 0. The van der Waals surface area contributed by atoms with Gasteiger partial charge in [-0.25, -0.2) is 0 Å². The van der Waals surface area contributed by atoms with Gasteiger partial charge in [0.15, 0.2) is 0 Å². The summed E-state index contributed by atoms with van der Waals surface area (Å²) in [5.41, 5.74) is 19.8. The van der Waals surface area contributed by atoms with Crippen LogP contribution < -0.4 is 9.80 Å². The molecule has 1 aliphatic carbocycles. The Morgan fingerprint density at radius 3 is 1.75 bits per heavy atom. The van der Waals surface area contributed by atoms with E-state index in [1.807, 2.05) is 0 Å². The second-order valence-corrected chi connectivity index (χ2v) is 15.9. The van der Waals surface area contributed by atoms with Crippen molar-refractivity contribution in [3.05, 3.63) is 203 Å². The van der Waals surface area contributed by atoms with Gasteiger partial charge in [0.1, 0.15) is 0 Å². The van der Waals surface area contributed by atoms with Crippen molar-refractivity contribution in [3.8, 4) is 11.1 Å². The first-order chi connectivity index (χ1) is 27.3. The van der Waals surface area contributed by atoms with Gasteiger partial charge in [-0.05, 0) is 145 Å². The predicted octanol–water partition coefficient (Wildman–Crippen LogP) is 14.2. The minimum absolute atomic E-state index is 0.227. The molecule has 56 heavy (non-hydrogen) atoms. The lowest BCUT2D eigenvalue weighted by molar-refractivity contribution is 0.569. The van der Waals surface area contributed by atoms with E-state index in [1.165, 1.54) is 89.3 Å². The zero-order valence-corrected chi connectivity index (χ0v) is 32.5. The highest BCUT2D eigenvalue weighted by atomic mass is 15.2. The molecule has 0 amide bonds. The van der Waals surface area contributed by atoms with Crippen molar-refractivity contribution in [1.82, 2.24) is 4.98 Å². The summed E-state index contributed by atoms with van der Waals surface area (Å²) in [6.45, 7) is 8.99. The fourth-order valence-corrected chi connectivity index (χ4v) is 9.08. The molecule has 1 unspecified atom stereocenters. The van der Waals surface area contributed by atoms with Crippen molar-refractivity contribution >= 4 is 55.8 Å². The lowest BCUT2D eigenvalue weighted by Crippen LogP contribution is -2.43. The van der Waals surface area contributed by atoms with Crippen LogP contribution in [0.15, 0.2) is 170 Å². The summed E-state index contributed by atoms with van der Waals surface area (Å²) in [5.74, 6) is 0. The number of aromatic amines is 1. The van der Waals surface area contributed by atoms with Crippen molar-refractivity contribution in [2.75, 3.05) is 9.80 Å². The molecule has 3 heteroatoms. The molecule has 0 radical (unpaired) electrons. The fraction of sp³-hybridized carbons (Fsp3) is 0.132. The van der Waals surface area contributed by atoms with Crippen molar-refractivity contribution in [1.29, 1.82) is 0 Å². The molecule has 2 aliphatic rings. The van der Waals surface area contributed by atoms with E-state index in [4.69, 9.17) is 0 Å². The maximum absolute atomic E-state index is 3.70. The molecule has 1 aliphatic heterocycles. The first-order valence-corrected chi connectivity index (χ1v) is 19.8. The lowest BCUT2D eigenvalue weighted by atomic mass is 9.85. The minimum Gasteiger partial charge on any atom is -0.355 e. The van der Waals surface area contributed by atoms with Crippen molar-refractivity contribution < 1.29 is 0 Å². The molecule has 1 aromatic heterocycles. The number of allylic oxidation sites excluding steroid dienone is 2. The number of benzene rings is 7. The van der Waals surface area contributed by atoms with E-state index in [0.717, 1.165) is 23.9 Å². The van der Waals surface area contributed by atoms with Gasteiger partial charge in [-0.2, -0.15) is 0 Å². The Kier molecular flexibility index (Phi) is 8.07. The number of hydrogen-bond acceptors (Lipinski definition) is 2. The van der Waals surface area contributed by atoms with Crippen LogP contribution >= 0.6 is 0 Å². The molecular formula is C53H45N3. The van der Waals surface area contributed by atoms with Crippen LogP contribution in [0.5, 0.6) is 0 Å². The van der Waals surface area contributed by atoms with Crippen LogP contribution in [0.2, 0.25) is 0 Å². The first kappa shape index (κ1) is 33.9. The highest BCUT2D eigenvalue weighted by molar-refractivity contribution is 6.09. The van der Waals surface area contributed by atoms with Crippen LogP contribution in [-0.4, -0.2) is 10.5 Å². The molecule has 0 bridgehead atoms. The molecule has 272 valence electrons. The van der Waals surface area contributed by atoms with Gasteiger partial charge >= 0.3 is 0 Å². The Hall–Kier alpha value is -6.58. The number of H-pyrrole nitrogens is 1. The van der Waals surface area contributed by atoms with E-state index in [1.54, 1.807) is 0 Å². The van der Waals surface area contributed by atoms with Crippen LogP contribution in [-0.2, 0) is 6.42 Å². The molecule has 0 saturated carbocycles. The van der Waals surface area contributed by atoms with Crippen LogP contribution in [0, 0.1) is 20.8 Å². The molecule has 2 heterocycles. The third-order valence-corrected chi connectivity index (χ3v) is 12.1. The largest absolute Gasteiger partial charge is 0.355 e. The molecular weight excluding hydrogens is 679 g/mol. The highest BCUT2D eigenvalue weighted by Crippen LogP contribution is 2.47. The minimum atomic E-state index is -0.227. The molecule has 0 spiro atoms. The summed E-state index contributed by atoms with van der Waals surface area (Å²) >= 11 is 0. The van der Waals surface area contributed by atoms with Gasteiger partial charge < -0.3 is 14.8 Å². The number of para-hydroxylation sites is 4. The monoisotopic (exact) mass is 723 g/mol. The summed E-state index contributed by atoms with van der Waals surface area (Å²) in [4.78, 5) is 8.68. The Balaban J connectivity index is 0.994. The number of anilines is 5.